The van der Waals surface area contributed by atoms with Crippen LogP contribution in [0.5, 0.6) is 0 Å². The first-order valence-corrected chi connectivity index (χ1v) is 7.68. The first-order chi connectivity index (χ1) is 11.2. The van der Waals surface area contributed by atoms with Crippen molar-refractivity contribution in [2.45, 2.75) is 20.3 Å². The van der Waals surface area contributed by atoms with Crippen molar-refractivity contribution in [1.82, 2.24) is 9.78 Å². The molecule has 3 rings (SSSR count). The molecule has 0 bridgehead atoms. The Balaban J connectivity index is 1.99. The van der Waals surface area contributed by atoms with E-state index in [4.69, 9.17) is 0 Å². The number of aryl methyl sites for hydroxylation is 1. The molecule has 1 amide bonds. The fourth-order valence-corrected chi connectivity index (χ4v) is 2.63. The van der Waals surface area contributed by atoms with E-state index in [1.807, 2.05) is 41.2 Å². The molecule has 1 aromatic heterocycles. The topological polar surface area (TPSA) is 46.9 Å². The van der Waals surface area contributed by atoms with E-state index in [1.165, 1.54) is 6.92 Å². The predicted molar refractivity (Wildman–Crippen MR) is 92.7 cm³/mol. The molecule has 0 radical (unpaired) electrons. The number of carbonyl (C=O) groups excluding carboxylic acids is 1. The van der Waals surface area contributed by atoms with Crippen molar-refractivity contribution in [1.29, 1.82) is 0 Å². The summed E-state index contributed by atoms with van der Waals surface area (Å²) in [5, 5.41) is 7.15. The summed E-state index contributed by atoms with van der Waals surface area (Å²) in [5.41, 5.74) is 5.29. The van der Waals surface area contributed by atoms with Crippen LogP contribution in [0.25, 0.3) is 16.8 Å². The van der Waals surface area contributed by atoms with E-state index in [0.29, 0.717) is 0 Å². The van der Waals surface area contributed by atoms with Gasteiger partial charge in [0.15, 0.2) is 0 Å². The van der Waals surface area contributed by atoms with Crippen LogP contribution in [0.1, 0.15) is 19.4 Å². The number of aromatic nitrogens is 2. The number of carbonyl (C=O) groups is 1. The van der Waals surface area contributed by atoms with Crippen molar-refractivity contribution < 1.29 is 4.79 Å². The molecule has 0 atom stereocenters. The molecule has 0 spiro atoms. The van der Waals surface area contributed by atoms with Crippen molar-refractivity contribution in [3.05, 3.63) is 66.5 Å². The molecule has 0 aliphatic heterocycles. The maximum atomic E-state index is 11.3. The number of amides is 1. The van der Waals surface area contributed by atoms with Gasteiger partial charge in [-0.1, -0.05) is 25.1 Å². The van der Waals surface area contributed by atoms with Gasteiger partial charge in [0.1, 0.15) is 0 Å². The Labute approximate surface area is 135 Å². The van der Waals surface area contributed by atoms with Gasteiger partial charge in [0.2, 0.25) is 5.91 Å². The molecule has 0 unspecified atom stereocenters. The van der Waals surface area contributed by atoms with Gasteiger partial charge in [-0.25, -0.2) is 4.68 Å². The minimum Gasteiger partial charge on any atom is -0.326 e. The summed E-state index contributed by atoms with van der Waals surface area (Å²) in [6.45, 7) is 3.62. The summed E-state index contributed by atoms with van der Waals surface area (Å²) < 4.78 is 1.84. The third kappa shape index (κ3) is 3.31. The number of hydrogen-bond acceptors (Lipinski definition) is 2. The van der Waals surface area contributed by atoms with Crippen molar-refractivity contribution in [3.8, 4) is 16.8 Å². The van der Waals surface area contributed by atoms with Crippen LogP contribution in [0.3, 0.4) is 0 Å². The zero-order chi connectivity index (χ0) is 16.2. The summed E-state index contributed by atoms with van der Waals surface area (Å²) in [6.07, 6.45) is 4.56. The van der Waals surface area contributed by atoms with Gasteiger partial charge in [0.05, 0.1) is 5.69 Å². The number of anilines is 1. The molecule has 116 valence electrons. The van der Waals surface area contributed by atoms with Gasteiger partial charge in [-0.2, -0.15) is 5.10 Å². The molecule has 23 heavy (non-hydrogen) atoms. The summed E-state index contributed by atoms with van der Waals surface area (Å²) >= 11 is 0. The monoisotopic (exact) mass is 305 g/mol. The second kappa shape index (κ2) is 6.48. The summed E-state index contributed by atoms with van der Waals surface area (Å²) in [4.78, 5) is 11.3. The minimum absolute atomic E-state index is 0.0480. The summed E-state index contributed by atoms with van der Waals surface area (Å²) in [5.74, 6) is -0.0480. The third-order valence-electron chi connectivity index (χ3n) is 3.75. The fourth-order valence-electron chi connectivity index (χ4n) is 2.63. The van der Waals surface area contributed by atoms with Crippen LogP contribution in [0.2, 0.25) is 0 Å². The van der Waals surface area contributed by atoms with Gasteiger partial charge in [0.25, 0.3) is 0 Å². The second-order valence-corrected chi connectivity index (χ2v) is 5.41. The fraction of sp³-hybridized carbons (Fsp3) is 0.158. The van der Waals surface area contributed by atoms with Crippen molar-refractivity contribution in [3.63, 3.8) is 0 Å². The second-order valence-electron chi connectivity index (χ2n) is 5.41. The largest absolute Gasteiger partial charge is 0.326 e. The van der Waals surface area contributed by atoms with Gasteiger partial charge >= 0.3 is 0 Å². The third-order valence-corrected chi connectivity index (χ3v) is 3.75. The maximum absolute atomic E-state index is 11.3. The molecule has 0 saturated carbocycles. The van der Waals surface area contributed by atoms with Crippen molar-refractivity contribution >= 4 is 11.6 Å². The molecule has 3 aromatic rings. The first-order valence-electron chi connectivity index (χ1n) is 7.68. The highest BCUT2D eigenvalue weighted by atomic mass is 16.1. The molecule has 1 N–H and O–H groups in total. The molecule has 0 saturated heterocycles. The van der Waals surface area contributed by atoms with Crippen molar-refractivity contribution in [2.75, 3.05) is 5.32 Å². The number of nitrogens with zero attached hydrogens (tertiary/aromatic N) is 2. The highest BCUT2D eigenvalue weighted by Gasteiger charge is 2.07. The lowest BCUT2D eigenvalue weighted by Gasteiger charge is -2.12. The zero-order valence-electron chi connectivity index (χ0n) is 13.3. The Kier molecular flexibility index (Phi) is 4.24. The van der Waals surface area contributed by atoms with Crippen LogP contribution < -0.4 is 5.32 Å². The smallest absolute Gasteiger partial charge is 0.221 e. The maximum Gasteiger partial charge on any atom is 0.221 e. The van der Waals surface area contributed by atoms with Crippen LogP contribution >= 0.6 is 0 Å². The van der Waals surface area contributed by atoms with Crippen molar-refractivity contribution in [2.24, 2.45) is 0 Å². The van der Waals surface area contributed by atoms with E-state index < -0.39 is 0 Å². The van der Waals surface area contributed by atoms with Gasteiger partial charge < -0.3 is 5.32 Å². The Morgan fingerprint density at radius 1 is 1.13 bits per heavy atom. The molecule has 0 aliphatic rings. The van der Waals surface area contributed by atoms with Gasteiger partial charge in [-0.3, -0.25) is 4.79 Å². The molecule has 2 aromatic carbocycles. The average Bonchev–Trinajstić information content (AvgIpc) is 3.09. The number of nitrogens with one attached hydrogen (secondary N) is 1. The highest BCUT2D eigenvalue weighted by molar-refractivity contribution is 5.90. The van der Waals surface area contributed by atoms with E-state index in [9.17, 15) is 4.79 Å². The van der Waals surface area contributed by atoms with Crippen LogP contribution in [-0.4, -0.2) is 15.7 Å². The molecule has 4 nitrogen and oxygen atoms in total. The van der Waals surface area contributed by atoms with E-state index in [-0.39, 0.29) is 5.91 Å². The SMILES string of the molecule is CCc1cc(-c2cccc(-n3cccn3)c2)ccc1NC(C)=O. The molecular formula is C19H19N3O. The summed E-state index contributed by atoms with van der Waals surface area (Å²) in [6, 6.07) is 16.3. The Morgan fingerprint density at radius 3 is 2.65 bits per heavy atom. The molecule has 1 heterocycles. The normalized spacial score (nSPS) is 10.5. The Morgan fingerprint density at radius 2 is 1.96 bits per heavy atom. The molecule has 0 fully saturated rings. The lowest BCUT2D eigenvalue weighted by atomic mass is 10.00. The van der Waals surface area contributed by atoms with Gasteiger partial charge in [0, 0.05) is 25.0 Å². The summed E-state index contributed by atoms with van der Waals surface area (Å²) in [7, 11) is 0. The van der Waals surface area contributed by atoms with Crippen LogP contribution in [0.4, 0.5) is 5.69 Å². The molecule has 4 heteroatoms. The highest BCUT2D eigenvalue weighted by Crippen LogP contribution is 2.27. The van der Waals surface area contributed by atoms with E-state index in [2.05, 4.69) is 35.5 Å². The van der Waals surface area contributed by atoms with E-state index in [0.717, 1.165) is 34.5 Å². The van der Waals surface area contributed by atoms with Crippen LogP contribution in [0, 0.1) is 0 Å². The number of rotatable bonds is 4. The average molecular weight is 305 g/mol. The van der Waals surface area contributed by atoms with Crippen LogP contribution in [0.15, 0.2) is 60.9 Å². The Hall–Kier alpha value is -2.88. The van der Waals surface area contributed by atoms with Crippen LogP contribution in [-0.2, 0) is 11.2 Å². The molecular weight excluding hydrogens is 286 g/mol. The Bertz CT molecular complexity index is 822. The zero-order valence-corrected chi connectivity index (χ0v) is 13.3. The quantitative estimate of drug-likeness (QED) is 0.790. The molecule has 0 aliphatic carbocycles. The number of hydrogen-bond donors (Lipinski definition) is 1. The van der Waals surface area contributed by atoms with E-state index in [1.54, 1.807) is 6.20 Å². The van der Waals surface area contributed by atoms with E-state index >= 15 is 0 Å². The van der Waals surface area contributed by atoms with Gasteiger partial charge in [-0.05, 0) is 53.4 Å². The minimum atomic E-state index is -0.0480. The standard InChI is InChI=1S/C19H19N3O/c1-3-15-12-17(8-9-19(15)21-14(2)23)16-6-4-7-18(13-16)22-11-5-10-20-22/h4-13H,3H2,1-2H3,(H,21,23). The lowest BCUT2D eigenvalue weighted by molar-refractivity contribution is -0.114. The lowest BCUT2D eigenvalue weighted by Crippen LogP contribution is -2.07. The first kappa shape index (κ1) is 15.0. The predicted octanol–water partition coefficient (Wildman–Crippen LogP) is 4.06. The van der Waals surface area contributed by atoms with Gasteiger partial charge in [-0.15, -0.1) is 0 Å². The number of benzene rings is 2.